The van der Waals surface area contributed by atoms with E-state index in [0.717, 1.165) is 32.1 Å². The average Bonchev–Trinajstić information content (AvgIpc) is 3.10. The smallest absolute Gasteiger partial charge is 0.249 e. The van der Waals surface area contributed by atoms with Crippen molar-refractivity contribution in [3.8, 4) is 0 Å². The summed E-state index contributed by atoms with van der Waals surface area (Å²) in [6.07, 6.45) is 22.7. The quantitative estimate of drug-likeness (QED) is 0.0352. The minimum Gasteiger partial charge on any atom is -0.394 e. The summed E-state index contributed by atoms with van der Waals surface area (Å²) in [6.45, 7) is 3.53. The Balaban J connectivity index is 2.56. The van der Waals surface area contributed by atoms with E-state index in [9.17, 15) is 35.4 Å². The van der Waals surface area contributed by atoms with Crippen molar-refractivity contribution in [2.75, 3.05) is 13.2 Å². The lowest BCUT2D eigenvalue weighted by Gasteiger charge is -2.40. The normalized spacial score (nSPS) is 23.3. The van der Waals surface area contributed by atoms with Crippen LogP contribution in [0.5, 0.6) is 0 Å². The van der Waals surface area contributed by atoms with Crippen LogP contribution in [-0.2, 0) is 14.3 Å². The molecule has 0 saturated carbocycles. The third-order valence-corrected chi connectivity index (χ3v) is 9.39. The van der Waals surface area contributed by atoms with E-state index < -0.39 is 61.5 Å². The van der Waals surface area contributed by atoms with Crippen LogP contribution in [0.25, 0.3) is 0 Å². The van der Waals surface area contributed by atoms with Gasteiger partial charge in [-0.2, -0.15) is 0 Å². The lowest BCUT2D eigenvalue weighted by atomic mass is 9.99. The highest BCUT2D eigenvalue weighted by molar-refractivity contribution is 5.80. The van der Waals surface area contributed by atoms with E-state index in [0.29, 0.717) is 19.3 Å². The van der Waals surface area contributed by atoms with Crippen LogP contribution < -0.4 is 5.32 Å². The maximum atomic E-state index is 12.9. The number of aliphatic hydroxyl groups excluding tert-OH is 6. The topological polar surface area (TPSA) is 169 Å². The van der Waals surface area contributed by atoms with Crippen LogP contribution in [0.2, 0.25) is 0 Å². The number of carbonyl (C=O) groups is 1. The SMILES string of the molecule is CCCCCCCCCCC=CCCC=CC(O)C(COC1OC(CO)C(O)C(O)C1O)NC(=O)C(O)CCCCCCCCCCCC. The number of carbonyl (C=O) groups excluding carboxylic acids is 1. The van der Waals surface area contributed by atoms with Gasteiger partial charge in [0.2, 0.25) is 5.91 Å². The van der Waals surface area contributed by atoms with E-state index in [1.165, 1.54) is 89.9 Å². The Bertz CT molecular complexity index is 839. The molecule has 10 nitrogen and oxygen atoms in total. The molecule has 8 atom stereocenters. The maximum absolute atomic E-state index is 12.9. The van der Waals surface area contributed by atoms with Crippen molar-refractivity contribution >= 4 is 5.91 Å². The molecule has 0 aromatic carbocycles. The van der Waals surface area contributed by atoms with Crippen molar-refractivity contribution in [3.05, 3.63) is 24.3 Å². The minimum atomic E-state index is -1.61. The molecule has 1 heterocycles. The van der Waals surface area contributed by atoms with Crippen LogP contribution in [0.4, 0.5) is 0 Å². The van der Waals surface area contributed by atoms with Gasteiger partial charge in [0.15, 0.2) is 6.29 Å². The fourth-order valence-corrected chi connectivity index (χ4v) is 6.06. The molecular weight excluding hydrogens is 626 g/mol. The number of nitrogens with one attached hydrogen (secondary N) is 1. The third kappa shape index (κ3) is 21.6. The number of amides is 1. The molecule has 0 aromatic heterocycles. The summed E-state index contributed by atoms with van der Waals surface area (Å²) < 4.78 is 11.1. The number of rotatable bonds is 31. The second-order valence-electron chi connectivity index (χ2n) is 13.9. The van der Waals surface area contributed by atoms with Gasteiger partial charge in [0.1, 0.15) is 30.5 Å². The highest BCUT2D eigenvalue weighted by Gasteiger charge is 2.44. The zero-order chi connectivity index (χ0) is 36.1. The Morgan fingerprint density at radius 1 is 0.694 bits per heavy atom. The van der Waals surface area contributed by atoms with Crippen molar-refractivity contribution in [1.29, 1.82) is 0 Å². The second kappa shape index (κ2) is 30.3. The summed E-state index contributed by atoms with van der Waals surface area (Å²) in [5.74, 6) is -0.630. The van der Waals surface area contributed by atoms with Crippen molar-refractivity contribution in [3.63, 3.8) is 0 Å². The number of ether oxygens (including phenoxy) is 2. The summed E-state index contributed by atoms with van der Waals surface area (Å²) in [5, 5.41) is 64.2. The van der Waals surface area contributed by atoms with E-state index in [2.05, 4.69) is 31.3 Å². The first-order valence-electron chi connectivity index (χ1n) is 19.7. The van der Waals surface area contributed by atoms with E-state index >= 15 is 0 Å². The Hall–Kier alpha value is -1.37. The molecule has 0 bridgehead atoms. The second-order valence-corrected chi connectivity index (χ2v) is 13.9. The van der Waals surface area contributed by atoms with Crippen LogP contribution in [0.15, 0.2) is 24.3 Å². The Morgan fingerprint density at radius 3 is 1.78 bits per heavy atom. The standard InChI is InChI=1S/C39H73NO9/c1-3-5-7-9-11-13-15-16-17-18-20-21-23-25-27-32(42)31(30-48-39-37(46)36(45)35(44)34(29-41)49-39)40-38(47)33(43)28-26-24-22-19-14-12-10-8-6-4-2/h18,20,25,27,31-37,39,41-46H,3-17,19,21-24,26,28-30H2,1-2H3,(H,40,47). The largest absolute Gasteiger partial charge is 0.394 e. The molecule has 10 heteroatoms. The molecule has 1 aliphatic heterocycles. The van der Waals surface area contributed by atoms with Crippen LogP contribution in [0.1, 0.15) is 155 Å². The van der Waals surface area contributed by atoms with Gasteiger partial charge >= 0.3 is 0 Å². The number of unbranched alkanes of at least 4 members (excludes halogenated alkanes) is 18. The Labute approximate surface area is 297 Å². The molecule has 0 radical (unpaired) electrons. The summed E-state index contributed by atoms with van der Waals surface area (Å²) in [6, 6.07) is -0.990. The van der Waals surface area contributed by atoms with E-state index in [1.54, 1.807) is 6.08 Å². The molecule has 0 aliphatic carbocycles. The van der Waals surface area contributed by atoms with E-state index in [4.69, 9.17) is 9.47 Å². The fraction of sp³-hybridized carbons (Fsp3) is 0.872. The molecule has 1 amide bonds. The molecule has 288 valence electrons. The van der Waals surface area contributed by atoms with Gasteiger partial charge in [0.05, 0.1) is 25.4 Å². The first kappa shape index (κ1) is 45.7. The molecule has 1 rings (SSSR count). The van der Waals surface area contributed by atoms with Gasteiger partial charge in [0, 0.05) is 0 Å². The Kier molecular flexibility index (Phi) is 28.2. The number of aliphatic hydroxyl groups is 6. The fourth-order valence-electron chi connectivity index (χ4n) is 6.06. The minimum absolute atomic E-state index is 0.305. The highest BCUT2D eigenvalue weighted by atomic mass is 16.7. The van der Waals surface area contributed by atoms with Crippen molar-refractivity contribution < 1.29 is 44.9 Å². The van der Waals surface area contributed by atoms with Gasteiger partial charge in [-0.25, -0.2) is 0 Å². The van der Waals surface area contributed by atoms with Gasteiger partial charge in [0.25, 0.3) is 0 Å². The van der Waals surface area contributed by atoms with Gasteiger partial charge in [-0.1, -0.05) is 147 Å². The molecule has 1 saturated heterocycles. The predicted octanol–water partition coefficient (Wildman–Crippen LogP) is 5.74. The highest BCUT2D eigenvalue weighted by Crippen LogP contribution is 2.22. The Morgan fingerprint density at radius 2 is 1.20 bits per heavy atom. The van der Waals surface area contributed by atoms with Crippen LogP contribution >= 0.6 is 0 Å². The number of hydrogen-bond acceptors (Lipinski definition) is 9. The molecule has 49 heavy (non-hydrogen) atoms. The van der Waals surface area contributed by atoms with Crippen molar-refractivity contribution in [2.45, 2.75) is 204 Å². The molecule has 1 fully saturated rings. The maximum Gasteiger partial charge on any atom is 0.249 e. The summed E-state index contributed by atoms with van der Waals surface area (Å²) >= 11 is 0. The van der Waals surface area contributed by atoms with Gasteiger partial charge < -0.3 is 45.4 Å². The third-order valence-electron chi connectivity index (χ3n) is 9.39. The van der Waals surface area contributed by atoms with Crippen LogP contribution in [0, 0.1) is 0 Å². The van der Waals surface area contributed by atoms with Crippen LogP contribution in [0.3, 0.4) is 0 Å². The monoisotopic (exact) mass is 700 g/mol. The van der Waals surface area contributed by atoms with E-state index in [1.807, 2.05) is 6.08 Å². The average molecular weight is 700 g/mol. The van der Waals surface area contributed by atoms with Crippen molar-refractivity contribution in [1.82, 2.24) is 5.32 Å². The van der Waals surface area contributed by atoms with Gasteiger partial charge in [-0.3, -0.25) is 4.79 Å². The first-order chi connectivity index (χ1) is 23.8. The summed E-state index contributed by atoms with van der Waals surface area (Å²) in [5.41, 5.74) is 0. The zero-order valence-corrected chi connectivity index (χ0v) is 30.8. The van der Waals surface area contributed by atoms with Crippen molar-refractivity contribution in [2.24, 2.45) is 0 Å². The van der Waals surface area contributed by atoms with Crippen LogP contribution in [-0.4, -0.2) is 98.7 Å². The first-order valence-corrected chi connectivity index (χ1v) is 19.7. The number of allylic oxidation sites excluding steroid dienone is 3. The van der Waals surface area contributed by atoms with Gasteiger partial charge in [-0.15, -0.1) is 0 Å². The lowest BCUT2D eigenvalue weighted by molar-refractivity contribution is -0.302. The molecule has 0 aromatic rings. The van der Waals surface area contributed by atoms with Gasteiger partial charge in [-0.05, 0) is 32.1 Å². The number of hydrogen-bond donors (Lipinski definition) is 7. The van der Waals surface area contributed by atoms with E-state index in [-0.39, 0.29) is 6.61 Å². The predicted molar refractivity (Wildman–Crippen MR) is 195 cm³/mol. The molecule has 1 aliphatic rings. The molecule has 8 unspecified atom stereocenters. The lowest BCUT2D eigenvalue weighted by Crippen LogP contribution is -2.60. The summed E-state index contributed by atoms with van der Waals surface area (Å²) in [4.78, 5) is 12.9. The molecule has 7 N–H and O–H groups in total. The summed E-state index contributed by atoms with van der Waals surface area (Å²) in [7, 11) is 0. The zero-order valence-electron chi connectivity index (χ0n) is 30.8. The molecule has 0 spiro atoms. The molecular formula is C39H73NO9.